The molecule has 2 aromatic rings. The molecule has 0 aromatic carbocycles. The molecule has 1 saturated heterocycles. The number of nitrogens with one attached hydrogen (secondary N) is 1. The minimum atomic E-state index is 0.422. The molecule has 0 spiro atoms. The van der Waals surface area contributed by atoms with E-state index in [0.717, 1.165) is 25.6 Å². The van der Waals surface area contributed by atoms with Crippen LogP contribution in [-0.4, -0.2) is 41.8 Å². The third-order valence-electron chi connectivity index (χ3n) is 3.68. The van der Waals surface area contributed by atoms with Crippen LogP contribution in [0.1, 0.15) is 18.7 Å². The molecule has 114 valence electrons. The molecule has 0 bridgehead atoms. The van der Waals surface area contributed by atoms with Crippen LogP contribution in [0.5, 0.6) is 0 Å². The molecular weight excluding hydrogens is 336 g/mol. The van der Waals surface area contributed by atoms with Gasteiger partial charge in [-0.3, -0.25) is 4.90 Å². The number of aromatic nitrogens is 2. The van der Waals surface area contributed by atoms with Crippen molar-refractivity contribution < 1.29 is 8.83 Å². The van der Waals surface area contributed by atoms with Gasteiger partial charge in [-0.15, -0.1) is 10.2 Å². The van der Waals surface area contributed by atoms with Crippen LogP contribution in [0.2, 0.25) is 0 Å². The molecule has 0 unspecified atom stereocenters. The molecule has 2 aromatic heterocycles. The van der Waals surface area contributed by atoms with E-state index in [0.29, 0.717) is 28.8 Å². The van der Waals surface area contributed by atoms with E-state index < -0.39 is 0 Å². The van der Waals surface area contributed by atoms with Gasteiger partial charge in [-0.2, -0.15) is 0 Å². The summed E-state index contributed by atoms with van der Waals surface area (Å²) in [6.07, 6.45) is 2.47. The van der Waals surface area contributed by atoms with Crippen LogP contribution in [0, 0.1) is 5.92 Å². The molecule has 7 heteroatoms. The number of rotatable bonds is 5. The summed E-state index contributed by atoms with van der Waals surface area (Å²) in [5, 5.41) is 11.5. The summed E-state index contributed by atoms with van der Waals surface area (Å²) in [5.74, 6) is 2.38. The summed E-state index contributed by atoms with van der Waals surface area (Å²) in [6.45, 7) is 3.97. The van der Waals surface area contributed by atoms with Gasteiger partial charge in [0.25, 0.3) is 5.89 Å². The number of nitrogens with zero attached hydrogens (tertiary/aromatic N) is 3. The van der Waals surface area contributed by atoms with E-state index >= 15 is 0 Å². The van der Waals surface area contributed by atoms with Gasteiger partial charge in [-0.05, 0) is 67.0 Å². The first-order valence-corrected chi connectivity index (χ1v) is 7.97. The molecule has 6 nitrogen and oxygen atoms in total. The lowest BCUT2D eigenvalue weighted by Crippen LogP contribution is -2.34. The summed E-state index contributed by atoms with van der Waals surface area (Å²) in [5.41, 5.74) is 0. The topological polar surface area (TPSA) is 67.3 Å². The Morgan fingerprint density at radius 1 is 1.29 bits per heavy atom. The second-order valence-electron chi connectivity index (χ2n) is 5.49. The first-order chi connectivity index (χ1) is 10.2. The zero-order valence-corrected chi connectivity index (χ0v) is 13.6. The Labute approximate surface area is 132 Å². The molecule has 0 amide bonds. The van der Waals surface area contributed by atoms with Crippen LogP contribution >= 0.6 is 15.9 Å². The van der Waals surface area contributed by atoms with Crippen molar-refractivity contribution in [2.45, 2.75) is 19.4 Å². The predicted molar refractivity (Wildman–Crippen MR) is 81.6 cm³/mol. The van der Waals surface area contributed by atoms with Crippen molar-refractivity contribution in [1.29, 1.82) is 0 Å². The first kappa shape index (κ1) is 14.7. The fourth-order valence-electron chi connectivity index (χ4n) is 2.65. The van der Waals surface area contributed by atoms with Gasteiger partial charge in [0.2, 0.25) is 5.89 Å². The van der Waals surface area contributed by atoms with Crippen molar-refractivity contribution in [3.05, 3.63) is 22.7 Å². The lowest BCUT2D eigenvalue weighted by Gasteiger charge is -2.26. The summed E-state index contributed by atoms with van der Waals surface area (Å²) in [7, 11) is 2.09. The van der Waals surface area contributed by atoms with Crippen molar-refractivity contribution in [2.75, 3.05) is 26.7 Å². The molecular formula is C14H19BrN4O2. The lowest BCUT2D eigenvalue weighted by molar-refractivity contribution is 0.218. The summed E-state index contributed by atoms with van der Waals surface area (Å²) in [4.78, 5) is 2.24. The quantitative estimate of drug-likeness (QED) is 0.889. The number of hydrogen-bond donors (Lipinski definition) is 1. The van der Waals surface area contributed by atoms with Gasteiger partial charge < -0.3 is 14.2 Å². The average molecular weight is 355 g/mol. The number of furan rings is 1. The molecule has 0 aliphatic carbocycles. The minimum Gasteiger partial charge on any atom is -0.444 e. The predicted octanol–water partition coefficient (Wildman–Crippen LogP) is 2.52. The zero-order valence-electron chi connectivity index (χ0n) is 12.0. The molecule has 0 radical (unpaired) electrons. The molecule has 0 saturated carbocycles. The van der Waals surface area contributed by atoms with E-state index in [1.807, 2.05) is 6.07 Å². The van der Waals surface area contributed by atoms with Crippen LogP contribution in [0.25, 0.3) is 11.7 Å². The van der Waals surface area contributed by atoms with E-state index in [1.165, 1.54) is 12.8 Å². The highest BCUT2D eigenvalue weighted by molar-refractivity contribution is 9.10. The molecule has 1 aliphatic rings. The van der Waals surface area contributed by atoms with Gasteiger partial charge >= 0.3 is 0 Å². The Kier molecular flexibility index (Phi) is 4.72. The van der Waals surface area contributed by atoms with E-state index in [-0.39, 0.29) is 0 Å². The van der Waals surface area contributed by atoms with E-state index in [2.05, 4.69) is 43.4 Å². The Morgan fingerprint density at radius 2 is 2.10 bits per heavy atom. The molecule has 3 heterocycles. The number of piperidine rings is 1. The fraction of sp³-hybridized carbons (Fsp3) is 0.571. The number of halogens is 1. The smallest absolute Gasteiger partial charge is 0.283 e. The second-order valence-corrected chi connectivity index (χ2v) is 6.28. The van der Waals surface area contributed by atoms with Gasteiger partial charge in [0.05, 0.1) is 6.54 Å². The maximum Gasteiger partial charge on any atom is 0.283 e. The standard InChI is InChI=1S/C14H19BrN4O2/c1-19(8-10-4-6-16-7-5-10)9-13-17-18-14(21-13)11-2-3-12(15)20-11/h2-3,10,16H,4-9H2,1H3. The van der Waals surface area contributed by atoms with Crippen molar-refractivity contribution in [3.8, 4) is 11.7 Å². The Balaban J connectivity index is 1.56. The molecule has 21 heavy (non-hydrogen) atoms. The highest BCUT2D eigenvalue weighted by atomic mass is 79.9. The second kappa shape index (κ2) is 6.72. The Hall–Kier alpha value is -1.18. The minimum absolute atomic E-state index is 0.422. The highest BCUT2D eigenvalue weighted by Gasteiger charge is 2.17. The average Bonchev–Trinajstić information content (AvgIpc) is 3.09. The first-order valence-electron chi connectivity index (χ1n) is 7.18. The largest absolute Gasteiger partial charge is 0.444 e. The van der Waals surface area contributed by atoms with Crippen molar-refractivity contribution in [3.63, 3.8) is 0 Å². The number of hydrogen-bond acceptors (Lipinski definition) is 6. The molecule has 1 fully saturated rings. The third kappa shape index (κ3) is 3.93. The summed E-state index contributed by atoms with van der Waals surface area (Å²) in [6, 6.07) is 3.61. The molecule has 0 atom stereocenters. The normalized spacial score (nSPS) is 16.7. The Morgan fingerprint density at radius 3 is 2.81 bits per heavy atom. The van der Waals surface area contributed by atoms with Crippen molar-refractivity contribution in [1.82, 2.24) is 20.4 Å². The van der Waals surface area contributed by atoms with Gasteiger partial charge in [0, 0.05) is 6.54 Å². The van der Waals surface area contributed by atoms with Gasteiger partial charge in [-0.25, -0.2) is 0 Å². The van der Waals surface area contributed by atoms with Crippen LogP contribution in [-0.2, 0) is 6.54 Å². The van der Waals surface area contributed by atoms with Crippen LogP contribution in [0.4, 0.5) is 0 Å². The Bertz CT molecular complexity index is 577. The zero-order chi connectivity index (χ0) is 14.7. The van der Waals surface area contributed by atoms with Crippen molar-refractivity contribution in [2.24, 2.45) is 5.92 Å². The maximum absolute atomic E-state index is 5.65. The third-order valence-corrected chi connectivity index (χ3v) is 4.11. The van der Waals surface area contributed by atoms with E-state index in [9.17, 15) is 0 Å². The lowest BCUT2D eigenvalue weighted by atomic mass is 9.98. The molecule has 1 N–H and O–H groups in total. The monoisotopic (exact) mass is 354 g/mol. The summed E-state index contributed by atoms with van der Waals surface area (Å²) >= 11 is 3.26. The van der Waals surface area contributed by atoms with E-state index in [1.54, 1.807) is 6.07 Å². The van der Waals surface area contributed by atoms with Crippen molar-refractivity contribution >= 4 is 15.9 Å². The van der Waals surface area contributed by atoms with Crippen LogP contribution in [0.15, 0.2) is 25.6 Å². The van der Waals surface area contributed by atoms with E-state index in [4.69, 9.17) is 8.83 Å². The fourth-order valence-corrected chi connectivity index (χ4v) is 2.95. The molecule has 3 rings (SSSR count). The van der Waals surface area contributed by atoms with Crippen LogP contribution in [0.3, 0.4) is 0 Å². The maximum atomic E-state index is 5.65. The van der Waals surface area contributed by atoms with Gasteiger partial charge in [0.15, 0.2) is 10.4 Å². The molecule has 1 aliphatic heterocycles. The van der Waals surface area contributed by atoms with Crippen LogP contribution < -0.4 is 5.32 Å². The van der Waals surface area contributed by atoms with Gasteiger partial charge in [0.1, 0.15) is 0 Å². The van der Waals surface area contributed by atoms with Gasteiger partial charge in [-0.1, -0.05) is 0 Å². The summed E-state index contributed by atoms with van der Waals surface area (Å²) < 4.78 is 11.7. The SMILES string of the molecule is CN(Cc1nnc(-c2ccc(Br)o2)o1)CC1CCNCC1. The highest BCUT2D eigenvalue weighted by Crippen LogP contribution is 2.24.